The van der Waals surface area contributed by atoms with Crippen molar-refractivity contribution < 1.29 is 9.59 Å². The number of hydrogen-bond donors (Lipinski definition) is 1. The SMILES string of the molecule is CCn1c(CN2CCCCCC2=O)nnc1SCC(=O)N[C@H](C)[C@@H]1C[C@H]2CC[C@H]1C2. The van der Waals surface area contributed by atoms with Crippen LogP contribution in [0.3, 0.4) is 0 Å². The summed E-state index contributed by atoms with van der Waals surface area (Å²) in [6, 6.07) is 0.252. The van der Waals surface area contributed by atoms with E-state index in [-0.39, 0.29) is 17.9 Å². The Kier molecular flexibility index (Phi) is 7.01. The Morgan fingerprint density at radius 1 is 1.23 bits per heavy atom. The van der Waals surface area contributed by atoms with Crippen LogP contribution in [0, 0.1) is 17.8 Å². The lowest BCUT2D eigenvalue weighted by Crippen LogP contribution is -2.40. The molecule has 0 spiro atoms. The molecule has 1 aliphatic heterocycles. The Hall–Kier alpha value is -1.57. The van der Waals surface area contributed by atoms with E-state index in [1.54, 1.807) is 0 Å². The highest BCUT2D eigenvalue weighted by atomic mass is 32.2. The van der Waals surface area contributed by atoms with E-state index in [2.05, 4.69) is 29.4 Å². The first kappa shape index (κ1) is 21.7. The molecule has 4 rings (SSSR count). The lowest BCUT2D eigenvalue weighted by atomic mass is 9.84. The lowest BCUT2D eigenvalue weighted by Gasteiger charge is -2.28. The van der Waals surface area contributed by atoms with Gasteiger partial charge < -0.3 is 14.8 Å². The number of likely N-dealkylation sites (tertiary alicyclic amines) is 1. The van der Waals surface area contributed by atoms with E-state index in [4.69, 9.17) is 0 Å². The fourth-order valence-corrected chi connectivity index (χ4v) is 6.51. The highest BCUT2D eigenvalue weighted by molar-refractivity contribution is 7.99. The number of nitrogens with one attached hydrogen (secondary N) is 1. The highest BCUT2D eigenvalue weighted by Crippen LogP contribution is 2.49. The van der Waals surface area contributed by atoms with Crippen molar-refractivity contribution in [3.05, 3.63) is 5.82 Å². The zero-order valence-corrected chi connectivity index (χ0v) is 19.1. The molecule has 4 atom stereocenters. The van der Waals surface area contributed by atoms with Gasteiger partial charge in [-0.25, -0.2) is 0 Å². The second kappa shape index (κ2) is 9.71. The van der Waals surface area contributed by atoms with Gasteiger partial charge >= 0.3 is 0 Å². The van der Waals surface area contributed by atoms with Gasteiger partial charge in [-0.1, -0.05) is 24.6 Å². The number of carbonyl (C=O) groups excluding carboxylic acids is 2. The summed E-state index contributed by atoms with van der Waals surface area (Å²) >= 11 is 1.44. The minimum absolute atomic E-state index is 0.0742. The van der Waals surface area contributed by atoms with Crippen molar-refractivity contribution in [1.29, 1.82) is 0 Å². The van der Waals surface area contributed by atoms with Crippen LogP contribution in [0.1, 0.15) is 71.0 Å². The molecule has 0 radical (unpaired) electrons. The maximum atomic E-state index is 12.6. The molecular formula is C22H35N5O2S. The molecule has 1 N–H and O–H groups in total. The minimum Gasteiger partial charge on any atom is -0.353 e. The molecular weight excluding hydrogens is 398 g/mol. The average Bonchev–Trinajstić information content (AvgIpc) is 3.43. The normalized spacial score (nSPS) is 27.3. The van der Waals surface area contributed by atoms with Crippen LogP contribution in [0.25, 0.3) is 0 Å². The smallest absolute Gasteiger partial charge is 0.230 e. The molecule has 0 aromatic carbocycles. The van der Waals surface area contributed by atoms with Crippen molar-refractivity contribution in [3.63, 3.8) is 0 Å². The largest absolute Gasteiger partial charge is 0.353 e. The van der Waals surface area contributed by atoms with Gasteiger partial charge in [-0.2, -0.15) is 0 Å². The van der Waals surface area contributed by atoms with E-state index in [1.165, 1.54) is 37.4 Å². The molecule has 166 valence electrons. The molecule has 2 amide bonds. The second-order valence-corrected chi connectivity index (χ2v) is 10.2. The molecule has 30 heavy (non-hydrogen) atoms. The van der Waals surface area contributed by atoms with Crippen molar-refractivity contribution in [2.45, 2.75) is 89.5 Å². The van der Waals surface area contributed by atoms with Gasteiger partial charge in [-0.3, -0.25) is 9.59 Å². The van der Waals surface area contributed by atoms with E-state index in [9.17, 15) is 9.59 Å². The van der Waals surface area contributed by atoms with Gasteiger partial charge in [0, 0.05) is 25.6 Å². The number of nitrogens with zero attached hydrogens (tertiary/aromatic N) is 4. The van der Waals surface area contributed by atoms with E-state index < -0.39 is 0 Å². The van der Waals surface area contributed by atoms with Crippen LogP contribution in [0.15, 0.2) is 5.16 Å². The standard InChI is InChI=1S/C22H35N5O2S/c1-3-27-19(13-26-10-6-4-5-7-21(26)29)24-25-22(27)30-14-20(28)23-15(2)18-12-16-8-9-17(18)11-16/h15-18H,3-14H2,1-2H3,(H,23,28)/t15-,16+,17+,18+/m1/s1. The van der Waals surface area contributed by atoms with Gasteiger partial charge in [0.2, 0.25) is 11.8 Å². The predicted octanol–water partition coefficient (Wildman–Crippen LogP) is 3.23. The van der Waals surface area contributed by atoms with E-state index in [1.807, 2.05) is 9.47 Å². The van der Waals surface area contributed by atoms with Crippen molar-refractivity contribution >= 4 is 23.6 Å². The number of hydrogen-bond acceptors (Lipinski definition) is 5. The van der Waals surface area contributed by atoms with Crippen molar-refractivity contribution in [2.75, 3.05) is 12.3 Å². The van der Waals surface area contributed by atoms with Crippen LogP contribution >= 0.6 is 11.8 Å². The first-order valence-corrected chi connectivity index (χ1v) is 12.7. The Bertz CT molecular complexity index is 767. The van der Waals surface area contributed by atoms with Crippen LogP contribution in [0.2, 0.25) is 0 Å². The van der Waals surface area contributed by atoms with Crippen LogP contribution < -0.4 is 5.32 Å². The van der Waals surface area contributed by atoms with Gasteiger partial charge in [-0.05, 0) is 63.7 Å². The van der Waals surface area contributed by atoms with Crippen molar-refractivity contribution in [3.8, 4) is 0 Å². The molecule has 8 heteroatoms. The summed E-state index contributed by atoms with van der Waals surface area (Å²) in [7, 11) is 0. The summed E-state index contributed by atoms with van der Waals surface area (Å²) in [5.41, 5.74) is 0. The number of aromatic nitrogens is 3. The first-order valence-electron chi connectivity index (χ1n) is 11.7. The molecule has 3 aliphatic rings. The predicted molar refractivity (Wildman–Crippen MR) is 117 cm³/mol. The summed E-state index contributed by atoms with van der Waals surface area (Å²) in [6.07, 6.45) is 9.13. The molecule has 2 aliphatic carbocycles. The fourth-order valence-electron chi connectivity index (χ4n) is 5.68. The Balaban J connectivity index is 1.30. The van der Waals surface area contributed by atoms with Crippen LogP contribution in [-0.2, 0) is 22.7 Å². The monoisotopic (exact) mass is 433 g/mol. The number of thioether (sulfide) groups is 1. The number of carbonyl (C=O) groups is 2. The number of rotatable bonds is 8. The fraction of sp³-hybridized carbons (Fsp3) is 0.818. The minimum atomic E-state index is 0.0742. The summed E-state index contributed by atoms with van der Waals surface area (Å²) < 4.78 is 2.04. The van der Waals surface area contributed by atoms with E-state index in [0.717, 1.165) is 55.2 Å². The van der Waals surface area contributed by atoms with Crippen LogP contribution in [0.4, 0.5) is 0 Å². The molecule has 2 heterocycles. The highest BCUT2D eigenvalue weighted by Gasteiger charge is 2.42. The zero-order valence-electron chi connectivity index (χ0n) is 18.3. The Labute approximate surface area is 183 Å². The van der Waals surface area contributed by atoms with Gasteiger partial charge in [0.25, 0.3) is 0 Å². The third-order valence-corrected chi connectivity index (χ3v) is 8.24. The molecule has 2 bridgehead atoms. The Morgan fingerprint density at radius 3 is 2.83 bits per heavy atom. The summed E-state index contributed by atoms with van der Waals surface area (Å²) in [6.45, 7) is 6.25. The van der Waals surface area contributed by atoms with Gasteiger partial charge in [0.05, 0.1) is 12.3 Å². The molecule has 3 fully saturated rings. The average molecular weight is 434 g/mol. The van der Waals surface area contributed by atoms with E-state index >= 15 is 0 Å². The lowest BCUT2D eigenvalue weighted by molar-refractivity contribution is -0.131. The third-order valence-electron chi connectivity index (χ3n) is 7.27. The molecule has 1 aromatic rings. The quantitative estimate of drug-likeness (QED) is 0.637. The molecule has 1 aromatic heterocycles. The summed E-state index contributed by atoms with van der Waals surface area (Å²) in [5, 5.41) is 12.7. The molecule has 1 saturated heterocycles. The van der Waals surface area contributed by atoms with Gasteiger partial charge in [0.15, 0.2) is 11.0 Å². The van der Waals surface area contributed by atoms with Crippen LogP contribution in [0.5, 0.6) is 0 Å². The van der Waals surface area contributed by atoms with Gasteiger partial charge in [-0.15, -0.1) is 10.2 Å². The maximum absolute atomic E-state index is 12.6. The molecule has 0 unspecified atom stereocenters. The number of amides is 2. The molecule has 7 nitrogen and oxygen atoms in total. The zero-order chi connectivity index (χ0) is 21.1. The van der Waals surface area contributed by atoms with Crippen molar-refractivity contribution in [2.24, 2.45) is 17.8 Å². The maximum Gasteiger partial charge on any atom is 0.230 e. The molecule has 2 saturated carbocycles. The summed E-state index contributed by atoms with van der Waals surface area (Å²) in [4.78, 5) is 26.8. The third kappa shape index (κ3) is 4.84. The number of fused-ring (bicyclic) bond motifs is 2. The first-order chi connectivity index (χ1) is 14.5. The summed E-state index contributed by atoms with van der Waals surface area (Å²) in [5.74, 6) is 3.80. The van der Waals surface area contributed by atoms with Crippen LogP contribution in [-0.4, -0.2) is 49.8 Å². The topological polar surface area (TPSA) is 80.1 Å². The van der Waals surface area contributed by atoms with E-state index in [0.29, 0.717) is 24.6 Å². The second-order valence-electron chi connectivity index (χ2n) is 9.25. The Morgan fingerprint density at radius 2 is 2.10 bits per heavy atom. The van der Waals surface area contributed by atoms with Crippen molar-refractivity contribution in [1.82, 2.24) is 25.0 Å². The van der Waals surface area contributed by atoms with Gasteiger partial charge in [0.1, 0.15) is 0 Å².